The minimum Gasteiger partial charge on any atom is -1.00 e. The van der Waals surface area contributed by atoms with E-state index in [2.05, 4.69) is 12.0 Å². The van der Waals surface area contributed by atoms with E-state index >= 15 is 0 Å². The van der Waals surface area contributed by atoms with Gasteiger partial charge >= 0.3 is 12.4 Å². The van der Waals surface area contributed by atoms with Crippen molar-refractivity contribution in [3.8, 4) is 0 Å². The van der Waals surface area contributed by atoms with Crippen LogP contribution in [0.4, 0.5) is 26.3 Å². The Bertz CT molecular complexity index is 1110. The lowest BCUT2D eigenvalue weighted by molar-refractivity contribution is -0.143. The number of benzene rings is 3. The SMILES string of the molecule is CC(C)[C@@H](C[P+](C)(c1ccccc1)c1ccccc1)NC(=O)c1cc(C(F)(F)F)cc(C(F)(F)F)c1.[Br-]. The van der Waals surface area contributed by atoms with E-state index in [0.29, 0.717) is 18.3 Å². The summed E-state index contributed by atoms with van der Waals surface area (Å²) in [6, 6.07) is 19.9. The van der Waals surface area contributed by atoms with Crippen molar-refractivity contribution in [2.24, 2.45) is 5.92 Å². The van der Waals surface area contributed by atoms with E-state index < -0.39 is 48.3 Å². The van der Waals surface area contributed by atoms with Gasteiger partial charge in [0, 0.05) is 5.56 Å². The third kappa shape index (κ3) is 7.57. The maximum atomic E-state index is 13.3. The van der Waals surface area contributed by atoms with Crippen molar-refractivity contribution in [1.29, 1.82) is 0 Å². The van der Waals surface area contributed by atoms with E-state index in [1.807, 2.05) is 74.5 Å². The first-order valence-electron chi connectivity index (χ1n) is 11.3. The fraction of sp³-hybridized carbons (Fsp3) is 0.296. The van der Waals surface area contributed by atoms with Gasteiger partial charge in [0.25, 0.3) is 5.91 Å². The average molecular weight is 606 g/mol. The molecule has 0 spiro atoms. The second-order valence-electron chi connectivity index (χ2n) is 9.16. The van der Waals surface area contributed by atoms with Crippen LogP contribution in [0.25, 0.3) is 0 Å². The quantitative estimate of drug-likeness (QED) is 0.322. The number of hydrogen-bond acceptors (Lipinski definition) is 1. The minimum absolute atomic E-state index is 0. The van der Waals surface area contributed by atoms with E-state index in [4.69, 9.17) is 0 Å². The molecule has 0 fully saturated rings. The van der Waals surface area contributed by atoms with Crippen LogP contribution < -0.4 is 32.9 Å². The largest absolute Gasteiger partial charge is 1.00 e. The van der Waals surface area contributed by atoms with Gasteiger partial charge in [-0.3, -0.25) is 4.79 Å². The van der Waals surface area contributed by atoms with E-state index in [-0.39, 0.29) is 29.0 Å². The number of hydrogen-bond donors (Lipinski definition) is 1. The third-order valence-electron chi connectivity index (χ3n) is 6.19. The third-order valence-corrected chi connectivity index (χ3v) is 10.2. The summed E-state index contributed by atoms with van der Waals surface area (Å²) in [5.41, 5.74) is -3.72. The number of carbonyl (C=O) groups is 1. The molecule has 0 radical (unpaired) electrons. The first-order chi connectivity index (χ1) is 16.7. The standard InChI is InChI=1S/C27H26F6NOP.BrH/c1-18(2)24(17-36(3,22-10-6-4-7-11-22)23-12-8-5-9-13-23)34-25(35)19-14-20(26(28,29)30)16-21(15-19)27(31,32)33;/h4-16,18,24H,17H2,1-3H3;1H/t24-;/m1./s1. The van der Waals surface area contributed by atoms with Crippen LogP contribution in [0.1, 0.15) is 35.3 Å². The molecule has 1 N–H and O–H groups in total. The Kier molecular flexibility index (Phi) is 10.00. The molecular weight excluding hydrogens is 579 g/mol. The van der Waals surface area contributed by atoms with Gasteiger partial charge in [0.1, 0.15) is 0 Å². The lowest BCUT2D eigenvalue weighted by atomic mass is 10.0. The topological polar surface area (TPSA) is 29.1 Å². The van der Waals surface area contributed by atoms with Crippen LogP contribution in [0, 0.1) is 5.92 Å². The van der Waals surface area contributed by atoms with E-state index in [9.17, 15) is 31.1 Å². The molecule has 0 aromatic heterocycles. The van der Waals surface area contributed by atoms with Crippen molar-refractivity contribution in [2.75, 3.05) is 12.8 Å². The summed E-state index contributed by atoms with van der Waals surface area (Å²) >= 11 is 0. The molecule has 3 rings (SSSR count). The lowest BCUT2D eigenvalue weighted by Crippen LogP contribution is -3.00. The Labute approximate surface area is 223 Å². The summed E-state index contributed by atoms with van der Waals surface area (Å²) in [5, 5.41) is 4.90. The Hall–Kier alpha value is -2.38. The monoisotopic (exact) mass is 605 g/mol. The number of carbonyl (C=O) groups excluding carboxylic acids is 1. The van der Waals surface area contributed by atoms with Crippen LogP contribution in [0.5, 0.6) is 0 Å². The zero-order chi connectivity index (χ0) is 26.7. The summed E-state index contributed by atoms with van der Waals surface area (Å²) in [6.45, 7) is 5.84. The molecule has 200 valence electrons. The van der Waals surface area contributed by atoms with Crippen LogP contribution in [0.2, 0.25) is 0 Å². The molecule has 2 nitrogen and oxygen atoms in total. The molecule has 0 aliphatic heterocycles. The lowest BCUT2D eigenvalue weighted by Gasteiger charge is -2.30. The zero-order valence-electron chi connectivity index (χ0n) is 20.4. The zero-order valence-corrected chi connectivity index (χ0v) is 22.8. The highest BCUT2D eigenvalue weighted by Gasteiger charge is 2.42. The normalized spacial score (nSPS) is 13.1. The summed E-state index contributed by atoms with van der Waals surface area (Å²) in [4.78, 5) is 13.0. The maximum absolute atomic E-state index is 13.3. The van der Waals surface area contributed by atoms with Crippen molar-refractivity contribution in [2.45, 2.75) is 32.2 Å². The molecule has 0 saturated carbocycles. The summed E-state index contributed by atoms with van der Waals surface area (Å²) < 4.78 is 79.8. The van der Waals surface area contributed by atoms with Gasteiger partial charge in [-0.05, 0) is 48.4 Å². The van der Waals surface area contributed by atoms with Gasteiger partial charge in [-0.1, -0.05) is 50.2 Å². The number of alkyl halides is 6. The van der Waals surface area contributed by atoms with Crippen molar-refractivity contribution in [3.05, 3.63) is 95.6 Å². The predicted octanol–water partition coefficient (Wildman–Crippen LogP) is 3.78. The molecule has 3 aromatic carbocycles. The molecule has 0 unspecified atom stereocenters. The van der Waals surface area contributed by atoms with E-state index in [1.54, 1.807) is 0 Å². The maximum Gasteiger partial charge on any atom is 0.416 e. The van der Waals surface area contributed by atoms with Crippen LogP contribution in [-0.4, -0.2) is 24.8 Å². The van der Waals surface area contributed by atoms with Gasteiger partial charge in [-0.2, -0.15) is 26.3 Å². The molecule has 0 aliphatic carbocycles. The second kappa shape index (κ2) is 12.0. The number of amides is 1. The Balaban J connectivity index is 0.00000481. The minimum atomic E-state index is -5.03. The van der Waals surface area contributed by atoms with Crippen LogP contribution in [0.3, 0.4) is 0 Å². The van der Waals surface area contributed by atoms with Gasteiger partial charge in [0.15, 0.2) is 0 Å². The van der Waals surface area contributed by atoms with Crippen molar-refractivity contribution in [3.63, 3.8) is 0 Å². The Morgan fingerprint density at radius 1 is 0.784 bits per heavy atom. The van der Waals surface area contributed by atoms with Crippen molar-refractivity contribution in [1.82, 2.24) is 5.32 Å². The Morgan fingerprint density at radius 3 is 1.54 bits per heavy atom. The fourth-order valence-corrected chi connectivity index (χ4v) is 7.71. The predicted molar refractivity (Wildman–Crippen MR) is 132 cm³/mol. The molecule has 10 heteroatoms. The van der Waals surface area contributed by atoms with Crippen LogP contribution in [0.15, 0.2) is 78.9 Å². The summed E-state index contributed by atoms with van der Waals surface area (Å²) in [7, 11) is -2.08. The smallest absolute Gasteiger partial charge is 0.416 e. The molecule has 0 heterocycles. The fourth-order valence-electron chi connectivity index (χ4n) is 4.03. The van der Waals surface area contributed by atoms with Gasteiger partial charge in [-0.15, -0.1) is 0 Å². The number of halogens is 7. The second-order valence-corrected chi connectivity index (χ2v) is 12.9. The molecule has 3 aromatic rings. The van der Waals surface area contributed by atoms with Crippen molar-refractivity contribution < 1.29 is 48.1 Å². The molecule has 1 atom stereocenters. The number of rotatable bonds is 7. The first kappa shape index (κ1) is 30.8. The molecular formula is C27H27BrF6NOP. The number of nitrogens with one attached hydrogen (secondary N) is 1. The van der Waals surface area contributed by atoms with Gasteiger partial charge in [0.05, 0.1) is 47.9 Å². The highest BCUT2D eigenvalue weighted by atomic mass is 79.9. The van der Waals surface area contributed by atoms with Crippen molar-refractivity contribution >= 4 is 23.8 Å². The van der Waals surface area contributed by atoms with E-state index in [1.165, 1.54) is 0 Å². The summed E-state index contributed by atoms with van der Waals surface area (Å²) in [6.07, 6.45) is -9.58. The van der Waals surface area contributed by atoms with Crippen LogP contribution >= 0.6 is 7.26 Å². The average Bonchev–Trinajstić information content (AvgIpc) is 2.83. The highest BCUT2D eigenvalue weighted by molar-refractivity contribution is 7.89. The summed E-state index contributed by atoms with van der Waals surface area (Å²) in [5.74, 6) is -1.11. The highest BCUT2D eigenvalue weighted by Crippen LogP contribution is 2.53. The molecule has 37 heavy (non-hydrogen) atoms. The van der Waals surface area contributed by atoms with Gasteiger partial charge in [0.2, 0.25) is 0 Å². The molecule has 0 saturated heterocycles. The van der Waals surface area contributed by atoms with Gasteiger partial charge < -0.3 is 22.3 Å². The van der Waals surface area contributed by atoms with Gasteiger partial charge in [-0.25, -0.2) is 0 Å². The Morgan fingerprint density at radius 2 is 1.19 bits per heavy atom. The van der Waals surface area contributed by atoms with E-state index in [0.717, 1.165) is 10.6 Å². The molecule has 0 bridgehead atoms. The van der Waals surface area contributed by atoms with Crippen LogP contribution in [-0.2, 0) is 12.4 Å². The first-order valence-corrected chi connectivity index (χ1v) is 13.7. The molecule has 0 aliphatic rings. The molecule has 1 amide bonds.